The highest BCUT2D eigenvalue weighted by molar-refractivity contribution is 5.79. The van der Waals surface area contributed by atoms with Gasteiger partial charge in [-0.05, 0) is 42.8 Å². The Morgan fingerprint density at radius 1 is 1.17 bits per heavy atom. The number of carbonyl (C=O) groups excluding carboxylic acids is 1. The zero-order chi connectivity index (χ0) is 13.1. The molecule has 0 aromatic heterocycles. The Labute approximate surface area is 103 Å². The maximum Gasteiger partial charge on any atom is 0.173 e. The Balaban J connectivity index is 2.42. The van der Waals surface area contributed by atoms with Gasteiger partial charge in [-0.3, -0.25) is 4.79 Å². The molecular formula is C14H10F2O2. The van der Waals surface area contributed by atoms with Crippen molar-refractivity contribution < 1.29 is 18.3 Å². The van der Waals surface area contributed by atoms with Crippen LogP contribution in [0.3, 0.4) is 0 Å². The second-order valence-electron chi connectivity index (χ2n) is 3.79. The average molecular weight is 248 g/mol. The molecular weight excluding hydrogens is 238 g/mol. The number of rotatable bonds is 3. The van der Waals surface area contributed by atoms with E-state index in [1.807, 2.05) is 0 Å². The SMILES string of the molecule is Cc1cc(F)ccc1Oc1c(F)cccc1C=O. The molecule has 0 unspecified atom stereocenters. The Hall–Kier alpha value is -2.23. The summed E-state index contributed by atoms with van der Waals surface area (Å²) < 4.78 is 31.8. The summed E-state index contributed by atoms with van der Waals surface area (Å²) in [4.78, 5) is 10.8. The minimum absolute atomic E-state index is 0.110. The zero-order valence-corrected chi connectivity index (χ0v) is 9.61. The van der Waals surface area contributed by atoms with Gasteiger partial charge in [0.2, 0.25) is 0 Å². The summed E-state index contributed by atoms with van der Waals surface area (Å²) in [5.41, 5.74) is 0.633. The van der Waals surface area contributed by atoms with Gasteiger partial charge < -0.3 is 4.74 Å². The molecule has 0 heterocycles. The van der Waals surface area contributed by atoms with Crippen LogP contribution in [-0.4, -0.2) is 6.29 Å². The number of hydrogen-bond donors (Lipinski definition) is 0. The molecule has 0 spiro atoms. The maximum absolute atomic E-state index is 13.6. The molecule has 0 atom stereocenters. The van der Waals surface area contributed by atoms with E-state index < -0.39 is 11.6 Å². The lowest BCUT2D eigenvalue weighted by atomic mass is 10.2. The number of hydrogen-bond acceptors (Lipinski definition) is 2. The number of aryl methyl sites for hydroxylation is 1. The van der Waals surface area contributed by atoms with Crippen molar-refractivity contribution in [1.29, 1.82) is 0 Å². The molecule has 2 aromatic rings. The predicted molar refractivity (Wildman–Crippen MR) is 63.0 cm³/mol. The Bertz CT molecular complexity index is 594. The maximum atomic E-state index is 13.6. The van der Waals surface area contributed by atoms with Gasteiger partial charge in [-0.25, -0.2) is 8.78 Å². The van der Waals surface area contributed by atoms with Gasteiger partial charge in [0, 0.05) is 0 Å². The predicted octanol–water partition coefficient (Wildman–Crippen LogP) is 3.88. The van der Waals surface area contributed by atoms with E-state index in [1.165, 1.54) is 36.4 Å². The molecule has 92 valence electrons. The van der Waals surface area contributed by atoms with Crippen molar-refractivity contribution in [1.82, 2.24) is 0 Å². The van der Waals surface area contributed by atoms with E-state index in [0.29, 0.717) is 17.6 Å². The van der Waals surface area contributed by atoms with E-state index in [4.69, 9.17) is 4.74 Å². The topological polar surface area (TPSA) is 26.3 Å². The second kappa shape index (κ2) is 4.96. The van der Waals surface area contributed by atoms with Gasteiger partial charge in [0.1, 0.15) is 11.6 Å². The van der Waals surface area contributed by atoms with E-state index in [1.54, 1.807) is 6.92 Å². The molecule has 0 aliphatic heterocycles. The van der Waals surface area contributed by atoms with Crippen LogP contribution >= 0.6 is 0 Å². The highest BCUT2D eigenvalue weighted by Crippen LogP contribution is 2.29. The van der Waals surface area contributed by atoms with Crippen LogP contribution in [0.25, 0.3) is 0 Å². The first-order valence-corrected chi connectivity index (χ1v) is 5.29. The third kappa shape index (κ3) is 2.37. The molecule has 0 amide bonds. The number of carbonyl (C=O) groups is 1. The molecule has 0 aliphatic rings. The molecule has 2 nitrogen and oxygen atoms in total. The molecule has 2 aromatic carbocycles. The molecule has 4 heteroatoms. The fourth-order valence-corrected chi connectivity index (χ4v) is 1.56. The third-order valence-electron chi connectivity index (χ3n) is 2.47. The molecule has 0 N–H and O–H groups in total. The minimum Gasteiger partial charge on any atom is -0.453 e. The quantitative estimate of drug-likeness (QED) is 0.770. The van der Waals surface area contributed by atoms with Crippen LogP contribution in [0.5, 0.6) is 11.5 Å². The van der Waals surface area contributed by atoms with Crippen molar-refractivity contribution >= 4 is 6.29 Å². The zero-order valence-electron chi connectivity index (χ0n) is 9.61. The summed E-state index contributed by atoms with van der Waals surface area (Å²) in [5.74, 6) is -0.876. The third-order valence-corrected chi connectivity index (χ3v) is 2.47. The van der Waals surface area contributed by atoms with Crippen molar-refractivity contribution in [2.75, 3.05) is 0 Å². The summed E-state index contributed by atoms with van der Waals surface area (Å²) in [6, 6.07) is 7.95. The molecule has 0 bridgehead atoms. The molecule has 0 saturated heterocycles. The van der Waals surface area contributed by atoms with Gasteiger partial charge in [0.15, 0.2) is 17.9 Å². The number of ether oxygens (including phenoxy) is 1. The normalized spacial score (nSPS) is 10.2. The van der Waals surface area contributed by atoms with Crippen molar-refractivity contribution in [2.45, 2.75) is 6.92 Å². The van der Waals surface area contributed by atoms with Gasteiger partial charge >= 0.3 is 0 Å². The molecule has 0 fully saturated rings. The monoisotopic (exact) mass is 248 g/mol. The molecule has 0 saturated carbocycles. The van der Waals surface area contributed by atoms with E-state index in [-0.39, 0.29) is 11.3 Å². The summed E-state index contributed by atoms with van der Waals surface area (Å²) in [6.07, 6.45) is 0.511. The minimum atomic E-state index is -0.636. The van der Waals surface area contributed by atoms with Crippen LogP contribution in [0.1, 0.15) is 15.9 Å². The average Bonchev–Trinajstić information content (AvgIpc) is 2.34. The van der Waals surface area contributed by atoms with Gasteiger partial charge in [0.25, 0.3) is 0 Å². The van der Waals surface area contributed by atoms with Crippen LogP contribution in [0, 0.1) is 18.6 Å². The fourth-order valence-electron chi connectivity index (χ4n) is 1.56. The Kier molecular flexibility index (Phi) is 3.37. The fraction of sp³-hybridized carbons (Fsp3) is 0.0714. The summed E-state index contributed by atoms with van der Waals surface area (Å²) in [5, 5.41) is 0. The van der Waals surface area contributed by atoms with Crippen molar-refractivity contribution in [2.24, 2.45) is 0 Å². The Morgan fingerprint density at radius 2 is 1.94 bits per heavy atom. The molecule has 0 aliphatic carbocycles. The van der Waals surface area contributed by atoms with E-state index in [0.717, 1.165) is 0 Å². The number of aldehydes is 1. The number of halogens is 2. The molecule has 2 rings (SSSR count). The lowest BCUT2D eigenvalue weighted by Gasteiger charge is -2.11. The number of para-hydroxylation sites is 1. The van der Waals surface area contributed by atoms with E-state index in [2.05, 4.69) is 0 Å². The van der Waals surface area contributed by atoms with Crippen LogP contribution in [0.2, 0.25) is 0 Å². The van der Waals surface area contributed by atoms with Gasteiger partial charge in [0.05, 0.1) is 5.56 Å². The Morgan fingerprint density at radius 3 is 2.61 bits per heavy atom. The lowest BCUT2D eigenvalue weighted by molar-refractivity contribution is 0.112. The van der Waals surface area contributed by atoms with Crippen molar-refractivity contribution in [3.05, 3.63) is 59.2 Å². The largest absolute Gasteiger partial charge is 0.453 e. The summed E-state index contributed by atoms with van der Waals surface area (Å²) >= 11 is 0. The smallest absolute Gasteiger partial charge is 0.173 e. The lowest BCUT2D eigenvalue weighted by Crippen LogP contribution is -1.95. The standard InChI is InChI=1S/C14H10F2O2/c1-9-7-11(15)5-6-13(9)18-14-10(8-17)3-2-4-12(14)16/h2-8H,1H3. The van der Waals surface area contributed by atoms with Gasteiger partial charge in [-0.1, -0.05) is 6.07 Å². The van der Waals surface area contributed by atoms with Crippen LogP contribution < -0.4 is 4.74 Å². The molecule has 0 radical (unpaired) electrons. The van der Waals surface area contributed by atoms with Gasteiger partial charge in [-0.15, -0.1) is 0 Å². The van der Waals surface area contributed by atoms with Crippen molar-refractivity contribution in [3.63, 3.8) is 0 Å². The highest BCUT2D eigenvalue weighted by atomic mass is 19.1. The first-order chi connectivity index (χ1) is 8.61. The molecule has 18 heavy (non-hydrogen) atoms. The first-order valence-electron chi connectivity index (χ1n) is 5.29. The second-order valence-corrected chi connectivity index (χ2v) is 3.79. The van der Waals surface area contributed by atoms with Crippen LogP contribution in [-0.2, 0) is 0 Å². The van der Waals surface area contributed by atoms with Crippen LogP contribution in [0.4, 0.5) is 8.78 Å². The van der Waals surface area contributed by atoms with Crippen LogP contribution in [0.15, 0.2) is 36.4 Å². The highest BCUT2D eigenvalue weighted by Gasteiger charge is 2.11. The summed E-state index contributed by atoms with van der Waals surface area (Å²) in [7, 11) is 0. The van der Waals surface area contributed by atoms with Gasteiger partial charge in [-0.2, -0.15) is 0 Å². The van der Waals surface area contributed by atoms with E-state index in [9.17, 15) is 13.6 Å². The number of benzene rings is 2. The van der Waals surface area contributed by atoms with E-state index >= 15 is 0 Å². The van der Waals surface area contributed by atoms with Crippen molar-refractivity contribution in [3.8, 4) is 11.5 Å². The summed E-state index contributed by atoms with van der Waals surface area (Å²) in [6.45, 7) is 1.64. The first kappa shape index (κ1) is 12.2.